The highest BCUT2D eigenvalue weighted by molar-refractivity contribution is 7.84. The van der Waals surface area contributed by atoms with E-state index in [0.717, 1.165) is 0 Å². The summed E-state index contributed by atoms with van der Waals surface area (Å²) in [6, 6.07) is 4.75. The van der Waals surface area contributed by atoms with E-state index >= 15 is 0 Å². The number of nitrogen functional groups attached to an aromatic ring is 1. The quantitative estimate of drug-likeness (QED) is 0.768. The Kier molecular flexibility index (Phi) is 5.82. The highest BCUT2D eigenvalue weighted by Crippen LogP contribution is 2.19. The van der Waals surface area contributed by atoms with Gasteiger partial charge in [-0.05, 0) is 26.0 Å². The molecule has 1 aromatic carbocycles. The van der Waals surface area contributed by atoms with Gasteiger partial charge >= 0.3 is 0 Å². The average Bonchev–Trinajstić information content (AvgIpc) is 2.27. The normalized spacial score (nSPS) is 13.6. The first-order valence-electron chi connectivity index (χ1n) is 6.06. The molecule has 0 aliphatic heterocycles. The molecule has 1 rings (SSSR count). The summed E-state index contributed by atoms with van der Waals surface area (Å²) >= 11 is 0. The van der Waals surface area contributed by atoms with Crippen LogP contribution in [-0.4, -0.2) is 34.8 Å². The number of anilines is 1. The maximum Gasteiger partial charge on any atom is 0.251 e. The Morgan fingerprint density at radius 2 is 2.16 bits per heavy atom. The van der Waals surface area contributed by atoms with Crippen LogP contribution in [0, 0.1) is 0 Å². The van der Waals surface area contributed by atoms with Crippen LogP contribution in [0.1, 0.15) is 24.2 Å². The second kappa shape index (κ2) is 7.13. The molecule has 0 saturated heterocycles. The zero-order chi connectivity index (χ0) is 14.4. The van der Waals surface area contributed by atoms with E-state index in [0.29, 0.717) is 29.4 Å². The van der Waals surface area contributed by atoms with Crippen molar-refractivity contribution in [2.24, 2.45) is 0 Å². The predicted molar refractivity (Wildman–Crippen MR) is 77.9 cm³/mol. The fourth-order valence-electron chi connectivity index (χ4n) is 1.70. The van der Waals surface area contributed by atoms with Gasteiger partial charge in [0.25, 0.3) is 5.91 Å². The van der Waals surface area contributed by atoms with Crippen molar-refractivity contribution in [1.29, 1.82) is 0 Å². The third kappa shape index (κ3) is 5.30. The number of benzene rings is 1. The monoisotopic (exact) mass is 284 g/mol. The number of nitrogens with two attached hydrogens (primary N) is 1. The molecule has 0 heterocycles. The molecule has 0 aliphatic rings. The summed E-state index contributed by atoms with van der Waals surface area (Å²) in [6.07, 6.45) is 1.61. The van der Waals surface area contributed by atoms with E-state index in [9.17, 15) is 9.00 Å². The Balaban J connectivity index is 2.78. The molecular weight excluding hydrogens is 264 g/mol. The van der Waals surface area contributed by atoms with Crippen molar-refractivity contribution < 1.29 is 13.7 Å². The molecule has 2 atom stereocenters. The summed E-state index contributed by atoms with van der Waals surface area (Å²) in [5.74, 6) is 0.748. The maximum absolute atomic E-state index is 12.0. The Hall–Kier alpha value is -1.56. The van der Waals surface area contributed by atoms with E-state index in [1.54, 1.807) is 24.5 Å². The van der Waals surface area contributed by atoms with Crippen LogP contribution in [0.2, 0.25) is 0 Å². The lowest BCUT2D eigenvalue weighted by Crippen LogP contribution is -2.36. The van der Waals surface area contributed by atoms with Crippen LogP contribution in [0.25, 0.3) is 0 Å². The van der Waals surface area contributed by atoms with Gasteiger partial charge in [-0.2, -0.15) is 0 Å². The van der Waals surface area contributed by atoms with Crippen molar-refractivity contribution in [3.05, 3.63) is 23.8 Å². The molecule has 0 saturated carbocycles. The maximum atomic E-state index is 12.0. The summed E-state index contributed by atoms with van der Waals surface area (Å²) < 4.78 is 16.4. The Morgan fingerprint density at radius 3 is 2.74 bits per heavy atom. The first kappa shape index (κ1) is 15.5. The number of carbonyl (C=O) groups excluding carboxylic acids is 1. The molecule has 0 bridgehead atoms. The zero-order valence-electron chi connectivity index (χ0n) is 11.4. The lowest BCUT2D eigenvalue weighted by atomic mass is 10.1. The molecule has 0 aromatic heterocycles. The third-order valence-corrected chi connectivity index (χ3v) is 3.33. The number of hydrogen-bond acceptors (Lipinski definition) is 4. The summed E-state index contributed by atoms with van der Waals surface area (Å²) in [6.45, 7) is 4.19. The van der Waals surface area contributed by atoms with Gasteiger partial charge in [0.2, 0.25) is 0 Å². The van der Waals surface area contributed by atoms with Crippen LogP contribution in [-0.2, 0) is 10.8 Å². The molecule has 1 amide bonds. The van der Waals surface area contributed by atoms with Crippen LogP contribution in [0.3, 0.4) is 0 Å². The van der Waals surface area contributed by atoms with Crippen molar-refractivity contribution >= 4 is 22.4 Å². The fourth-order valence-corrected chi connectivity index (χ4v) is 2.49. The molecule has 19 heavy (non-hydrogen) atoms. The summed E-state index contributed by atoms with van der Waals surface area (Å²) in [7, 11) is -0.944. The second-order valence-electron chi connectivity index (χ2n) is 4.34. The average molecular weight is 284 g/mol. The molecule has 106 valence electrons. The standard InChI is InChI=1S/C13H20N2O3S/c1-4-18-12-6-10(5-11(14)7-12)13(16)15-9(2)8-19(3)17/h5-7,9H,4,8,14H2,1-3H3,(H,15,16). The van der Waals surface area contributed by atoms with E-state index in [1.165, 1.54) is 0 Å². The van der Waals surface area contributed by atoms with E-state index in [1.807, 2.05) is 13.8 Å². The smallest absolute Gasteiger partial charge is 0.251 e. The van der Waals surface area contributed by atoms with Gasteiger partial charge in [0.15, 0.2) is 0 Å². The molecule has 0 fully saturated rings. The topological polar surface area (TPSA) is 81.4 Å². The van der Waals surface area contributed by atoms with Crippen LogP contribution in [0.4, 0.5) is 5.69 Å². The van der Waals surface area contributed by atoms with Gasteiger partial charge < -0.3 is 15.8 Å². The lowest BCUT2D eigenvalue weighted by molar-refractivity contribution is 0.0943. The van der Waals surface area contributed by atoms with Gasteiger partial charge in [0.05, 0.1) is 6.61 Å². The first-order valence-corrected chi connectivity index (χ1v) is 7.79. The van der Waals surface area contributed by atoms with Crippen LogP contribution >= 0.6 is 0 Å². The Bertz CT molecular complexity index is 477. The van der Waals surface area contributed by atoms with Crippen molar-refractivity contribution in [2.45, 2.75) is 19.9 Å². The minimum atomic E-state index is -0.944. The molecule has 6 heteroatoms. The molecule has 0 aliphatic carbocycles. The van der Waals surface area contributed by atoms with Crippen LogP contribution < -0.4 is 15.8 Å². The van der Waals surface area contributed by atoms with Crippen molar-refractivity contribution in [3.63, 3.8) is 0 Å². The molecule has 3 N–H and O–H groups in total. The number of rotatable bonds is 6. The molecular formula is C13H20N2O3S. The molecule has 1 aromatic rings. The largest absolute Gasteiger partial charge is 0.494 e. The van der Waals surface area contributed by atoms with Crippen LogP contribution in [0.15, 0.2) is 18.2 Å². The molecule has 0 radical (unpaired) electrons. The molecule has 0 spiro atoms. The van der Waals surface area contributed by atoms with Gasteiger partial charge in [-0.3, -0.25) is 9.00 Å². The number of carbonyl (C=O) groups is 1. The minimum absolute atomic E-state index is 0.157. The van der Waals surface area contributed by atoms with Crippen molar-refractivity contribution in [3.8, 4) is 5.75 Å². The number of nitrogens with one attached hydrogen (secondary N) is 1. The van der Waals surface area contributed by atoms with Gasteiger partial charge in [-0.15, -0.1) is 0 Å². The third-order valence-electron chi connectivity index (χ3n) is 2.36. The lowest BCUT2D eigenvalue weighted by Gasteiger charge is -2.13. The zero-order valence-corrected chi connectivity index (χ0v) is 12.3. The summed E-state index contributed by atoms with van der Waals surface area (Å²) in [5.41, 5.74) is 6.65. The van der Waals surface area contributed by atoms with E-state index in [-0.39, 0.29) is 11.9 Å². The van der Waals surface area contributed by atoms with Crippen LogP contribution in [0.5, 0.6) is 5.75 Å². The minimum Gasteiger partial charge on any atom is -0.494 e. The second-order valence-corrected chi connectivity index (χ2v) is 5.82. The van der Waals surface area contributed by atoms with Crippen molar-refractivity contribution in [1.82, 2.24) is 5.32 Å². The first-order chi connectivity index (χ1) is 8.92. The SMILES string of the molecule is CCOc1cc(N)cc(C(=O)NC(C)CS(C)=O)c1. The Labute approximate surface area is 116 Å². The van der Waals surface area contributed by atoms with E-state index in [2.05, 4.69) is 5.32 Å². The number of hydrogen-bond donors (Lipinski definition) is 2. The van der Waals surface area contributed by atoms with Gasteiger partial charge in [0.1, 0.15) is 5.75 Å². The fraction of sp³-hybridized carbons (Fsp3) is 0.462. The molecule has 2 unspecified atom stereocenters. The van der Waals surface area contributed by atoms with Gasteiger partial charge in [0, 0.05) is 46.2 Å². The number of amides is 1. The van der Waals surface area contributed by atoms with Crippen molar-refractivity contribution in [2.75, 3.05) is 24.3 Å². The van der Waals surface area contributed by atoms with Gasteiger partial charge in [-0.25, -0.2) is 0 Å². The highest BCUT2D eigenvalue weighted by atomic mass is 32.2. The number of ether oxygens (including phenoxy) is 1. The highest BCUT2D eigenvalue weighted by Gasteiger charge is 2.12. The molecule has 5 nitrogen and oxygen atoms in total. The van der Waals surface area contributed by atoms with E-state index < -0.39 is 10.8 Å². The Morgan fingerprint density at radius 1 is 1.47 bits per heavy atom. The summed E-state index contributed by atoms with van der Waals surface area (Å²) in [4.78, 5) is 12.0. The predicted octanol–water partition coefficient (Wildman–Crippen LogP) is 1.16. The van der Waals surface area contributed by atoms with E-state index in [4.69, 9.17) is 10.5 Å². The summed E-state index contributed by atoms with van der Waals surface area (Å²) in [5, 5.41) is 2.78. The van der Waals surface area contributed by atoms with Gasteiger partial charge in [-0.1, -0.05) is 0 Å².